The van der Waals surface area contributed by atoms with Gasteiger partial charge < -0.3 is 15.5 Å². The summed E-state index contributed by atoms with van der Waals surface area (Å²) in [6.45, 7) is 4.76. The summed E-state index contributed by atoms with van der Waals surface area (Å²) in [5.41, 5.74) is 10.1. The average Bonchev–Trinajstić information content (AvgIpc) is 3.11. The van der Waals surface area contributed by atoms with Crippen LogP contribution < -0.4 is 10.6 Å². The lowest BCUT2D eigenvalue weighted by Gasteiger charge is -2.35. The van der Waals surface area contributed by atoms with E-state index in [4.69, 9.17) is 5.73 Å². The van der Waals surface area contributed by atoms with Crippen molar-refractivity contribution < 1.29 is 9.59 Å². The molecule has 2 heterocycles. The first kappa shape index (κ1) is 18.0. The lowest BCUT2D eigenvalue weighted by Crippen LogP contribution is -2.48. The number of imidazole rings is 1. The van der Waals surface area contributed by atoms with E-state index in [1.54, 1.807) is 13.3 Å². The molecule has 0 atom stereocenters. The topological polar surface area (TPSA) is 84.5 Å². The minimum Gasteiger partial charge on any atom is -0.369 e. The van der Waals surface area contributed by atoms with Gasteiger partial charge in [0.15, 0.2) is 0 Å². The molecule has 4 rings (SSSR count). The van der Waals surface area contributed by atoms with E-state index >= 15 is 0 Å². The molecule has 0 spiro atoms. The number of anilines is 1. The molecule has 1 saturated heterocycles. The normalized spacial score (nSPS) is 14.5. The molecule has 0 unspecified atom stereocenters. The third-order valence-corrected chi connectivity index (χ3v) is 5.19. The highest BCUT2D eigenvalue weighted by atomic mass is 16.2. The zero-order valence-electron chi connectivity index (χ0n) is 15.8. The van der Waals surface area contributed by atoms with Crippen molar-refractivity contribution in [2.75, 3.05) is 31.1 Å². The summed E-state index contributed by atoms with van der Waals surface area (Å²) in [5, 5.41) is 0. The Labute approximate surface area is 163 Å². The molecule has 1 fully saturated rings. The summed E-state index contributed by atoms with van der Waals surface area (Å²) in [6.07, 6.45) is 2.01. The highest BCUT2D eigenvalue weighted by Gasteiger charge is 2.19. The van der Waals surface area contributed by atoms with Crippen molar-refractivity contribution in [3.63, 3.8) is 0 Å². The van der Waals surface area contributed by atoms with Crippen LogP contribution in [0.15, 0.2) is 48.8 Å². The van der Waals surface area contributed by atoms with Crippen LogP contribution >= 0.6 is 0 Å². The van der Waals surface area contributed by atoms with E-state index in [-0.39, 0.29) is 18.2 Å². The molecule has 1 aromatic heterocycles. The predicted octanol–water partition coefficient (Wildman–Crippen LogP) is 1.72. The number of benzene rings is 2. The maximum Gasteiger partial charge on any atom is 0.221 e. The van der Waals surface area contributed by atoms with Gasteiger partial charge in [-0.05, 0) is 35.9 Å². The quantitative estimate of drug-likeness (QED) is 0.750. The van der Waals surface area contributed by atoms with Crippen molar-refractivity contribution in [1.29, 1.82) is 0 Å². The molecule has 0 aliphatic carbocycles. The van der Waals surface area contributed by atoms with Gasteiger partial charge in [-0.15, -0.1) is 0 Å². The number of amides is 2. The fraction of sp³-hybridized carbons (Fsp3) is 0.286. The second kappa shape index (κ2) is 7.34. The molecular weight excluding hydrogens is 354 g/mol. The Morgan fingerprint density at radius 2 is 1.79 bits per heavy atom. The number of nitrogens with two attached hydrogens (primary N) is 1. The van der Waals surface area contributed by atoms with Crippen LogP contribution in [-0.2, 0) is 16.0 Å². The Bertz CT molecular complexity index is 1030. The highest BCUT2D eigenvalue weighted by Crippen LogP contribution is 2.24. The number of carbonyl (C=O) groups excluding carboxylic acids is 2. The molecule has 3 aromatic rings. The van der Waals surface area contributed by atoms with Gasteiger partial charge in [-0.1, -0.05) is 12.1 Å². The Morgan fingerprint density at radius 1 is 1.04 bits per heavy atom. The van der Waals surface area contributed by atoms with Gasteiger partial charge in [0.25, 0.3) is 0 Å². The monoisotopic (exact) mass is 377 g/mol. The highest BCUT2D eigenvalue weighted by molar-refractivity contribution is 5.82. The molecule has 1 aliphatic heterocycles. The van der Waals surface area contributed by atoms with E-state index in [9.17, 15) is 9.59 Å². The van der Waals surface area contributed by atoms with Crippen LogP contribution in [0, 0.1) is 0 Å². The van der Waals surface area contributed by atoms with Gasteiger partial charge in [-0.25, -0.2) is 4.98 Å². The summed E-state index contributed by atoms with van der Waals surface area (Å²) in [7, 11) is 0. The van der Waals surface area contributed by atoms with Crippen molar-refractivity contribution >= 4 is 28.5 Å². The predicted molar refractivity (Wildman–Crippen MR) is 108 cm³/mol. The first-order valence-corrected chi connectivity index (χ1v) is 9.36. The van der Waals surface area contributed by atoms with Gasteiger partial charge in [0.05, 0.1) is 17.5 Å². The minimum atomic E-state index is -0.351. The number of nitrogens with zero attached hydrogens (tertiary/aromatic N) is 4. The van der Waals surface area contributed by atoms with Crippen LogP contribution in [0.5, 0.6) is 0 Å². The maximum atomic E-state index is 11.5. The number of fused-ring (bicyclic) bond motifs is 1. The van der Waals surface area contributed by atoms with E-state index in [0.717, 1.165) is 54.2 Å². The van der Waals surface area contributed by atoms with Crippen molar-refractivity contribution in [2.24, 2.45) is 5.73 Å². The molecule has 28 heavy (non-hydrogen) atoms. The maximum absolute atomic E-state index is 11.5. The largest absolute Gasteiger partial charge is 0.369 e. The summed E-state index contributed by atoms with van der Waals surface area (Å²) >= 11 is 0. The van der Waals surface area contributed by atoms with E-state index < -0.39 is 0 Å². The van der Waals surface area contributed by atoms with Crippen LogP contribution in [0.2, 0.25) is 0 Å². The van der Waals surface area contributed by atoms with Gasteiger partial charge in [0.2, 0.25) is 11.8 Å². The lowest BCUT2D eigenvalue weighted by atomic mass is 10.1. The number of carbonyl (C=O) groups is 2. The fourth-order valence-corrected chi connectivity index (χ4v) is 3.69. The molecule has 0 radical (unpaired) electrons. The first-order valence-electron chi connectivity index (χ1n) is 9.36. The molecular formula is C21H23N5O2. The zero-order valence-corrected chi connectivity index (χ0v) is 15.8. The molecule has 144 valence electrons. The smallest absolute Gasteiger partial charge is 0.221 e. The van der Waals surface area contributed by atoms with E-state index in [2.05, 4.69) is 22.0 Å². The molecule has 2 amide bonds. The number of hydrogen-bond acceptors (Lipinski definition) is 4. The third kappa shape index (κ3) is 3.55. The SMILES string of the molecule is CC(=O)N1CCN(c2cccc(-n3cnc4cc(CC(N)=O)ccc43)c2)CC1. The number of rotatable bonds is 4. The zero-order chi connectivity index (χ0) is 19.7. The summed E-state index contributed by atoms with van der Waals surface area (Å²) < 4.78 is 2.04. The van der Waals surface area contributed by atoms with Gasteiger partial charge in [0, 0.05) is 44.5 Å². The Morgan fingerprint density at radius 3 is 2.50 bits per heavy atom. The van der Waals surface area contributed by atoms with Crippen LogP contribution in [0.1, 0.15) is 12.5 Å². The van der Waals surface area contributed by atoms with Crippen LogP contribution in [0.25, 0.3) is 16.7 Å². The molecule has 2 N–H and O–H groups in total. The second-order valence-electron chi connectivity index (χ2n) is 7.09. The molecule has 1 aliphatic rings. The van der Waals surface area contributed by atoms with Gasteiger partial charge in [-0.2, -0.15) is 0 Å². The molecule has 0 saturated carbocycles. The van der Waals surface area contributed by atoms with Crippen molar-refractivity contribution in [3.8, 4) is 5.69 Å². The fourth-order valence-electron chi connectivity index (χ4n) is 3.69. The standard InChI is InChI=1S/C21H23N5O2/c1-15(27)24-7-9-25(10-8-24)17-3-2-4-18(13-17)26-14-23-19-11-16(12-21(22)28)5-6-20(19)26/h2-6,11,13-14H,7-10,12H2,1H3,(H2,22,28). The molecule has 7 nitrogen and oxygen atoms in total. The van der Waals surface area contributed by atoms with E-state index in [0.29, 0.717) is 0 Å². The van der Waals surface area contributed by atoms with Crippen molar-refractivity contribution in [3.05, 3.63) is 54.4 Å². The average molecular weight is 377 g/mol. The van der Waals surface area contributed by atoms with Gasteiger partial charge in [0.1, 0.15) is 6.33 Å². The lowest BCUT2D eigenvalue weighted by molar-refractivity contribution is -0.129. The minimum absolute atomic E-state index is 0.133. The Kier molecular flexibility index (Phi) is 4.73. The number of hydrogen-bond donors (Lipinski definition) is 1. The number of piperazine rings is 1. The third-order valence-electron chi connectivity index (χ3n) is 5.19. The molecule has 7 heteroatoms. The van der Waals surface area contributed by atoms with Crippen LogP contribution in [-0.4, -0.2) is 52.4 Å². The molecule has 0 bridgehead atoms. The first-order chi connectivity index (χ1) is 13.5. The van der Waals surface area contributed by atoms with Gasteiger partial charge in [-0.3, -0.25) is 14.2 Å². The summed E-state index contributed by atoms with van der Waals surface area (Å²) in [6, 6.07) is 14.1. The Balaban J connectivity index is 1.59. The molecule has 2 aromatic carbocycles. The number of aromatic nitrogens is 2. The van der Waals surface area contributed by atoms with E-state index in [1.807, 2.05) is 39.8 Å². The van der Waals surface area contributed by atoms with Crippen LogP contribution in [0.3, 0.4) is 0 Å². The summed E-state index contributed by atoms with van der Waals surface area (Å²) in [5.74, 6) is -0.217. The second-order valence-corrected chi connectivity index (χ2v) is 7.09. The Hall–Kier alpha value is -3.35. The van der Waals surface area contributed by atoms with Crippen molar-refractivity contribution in [1.82, 2.24) is 14.5 Å². The summed E-state index contributed by atoms with van der Waals surface area (Å²) in [4.78, 5) is 31.3. The van der Waals surface area contributed by atoms with Gasteiger partial charge >= 0.3 is 0 Å². The number of primary amides is 1. The van der Waals surface area contributed by atoms with Crippen LogP contribution in [0.4, 0.5) is 5.69 Å². The van der Waals surface area contributed by atoms with E-state index in [1.165, 1.54) is 0 Å². The van der Waals surface area contributed by atoms with Crippen molar-refractivity contribution in [2.45, 2.75) is 13.3 Å².